The molecule has 1 unspecified atom stereocenters. The molecule has 1 fully saturated rings. The van der Waals surface area contributed by atoms with E-state index in [1.54, 1.807) is 0 Å². The Morgan fingerprint density at radius 2 is 1.89 bits per heavy atom. The van der Waals surface area contributed by atoms with Crippen molar-refractivity contribution in [3.05, 3.63) is 34.9 Å². The highest BCUT2D eigenvalue weighted by atomic mass is 35.5. The van der Waals surface area contributed by atoms with Gasteiger partial charge in [-0.1, -0.05) is 30.7 Å². The maximum Gasteiger partial charge on any atom is 0.0406 e. The molecular formula is C16H25ClN2. The van der Waals surface area contributed by atoms with E-state index in [9.17, 15) is 0 Å². The summed E-state index contributed by atoms with van der Waals surface area (Å²) in [4.78, 5) is 2.58. The third kappa shape index (κ3) is 4.20. The van der Waals surface area contributed by atoms with Crippen LogP contribution >= 0.6 is 11.6 Å². The lowest BCUT2D eigenvalue weighted by Crippen LogP contribution is -2.37. The van der Waals surface area contributed by atoms with Crippen LogP contribution in [0.15, 0.2) is 24.3 Å². The van der Waals surface area contributed by atoms with Gasteiger partial charge in [0.15, 0.2) is 0 Å². The Bertz CT molecular complexity index is 371. The fourth-order valence-electron chi connectivity index (χ4n) is 2.91. The van der Waals surface area contributed by atoms with E-state index in [2.05, 4.69) is 36.2 Å². The van der Waals surface area contributed by atoms with Gasteiger partial charge in [0.2, 0.25) is 0 Å². The first-order valence-corrected chi connectivity index (χ1v) is 7.78. The van der Waals surface area contributed by atoms with Crippen LogP contribution in [0.1, 0.15) is 38.3 Å². The first-order chi connectivity index (χ1) is 9.20. The van der Waals surface area contributed by atoms with Crippen molar-refractivity contribution in [3.63, 3.8) is 0 Å². The van der Waals surface area contributed by atoms with E-state index in [1.165, 1.54) is 38.0 Å². The fraction of sp³-hybridized carbons (Fsp3) is 0.625. The maximum absolute atomic E-state index is 5.96. The van der Waals surface area contributed by atoms with Crippen LogP contribution in [0.2, 0.25) is 5.02 Å². The minimum Gasteiger partial charge on any atom is -0.317 e. The van der Waals surface area contributed by atoms with E-state index >= 15 is 0 Å². The molecule has 1 N–H and O–H groups in total. The molecule has 19 heavy (non-hydrogen) atoms. The van der Waals surface area contributed by atoms with E-state index in [0.717, 1.165) is 17.5 Å². The molecule has 3 heteroatoms. The van der Waals surface area contributed by atoms with E-state index < -0.39 is 0 Å². The highest BCUT2D eigenvalue weighted by molar-refractivity contribution is 6.30. The van der Waals surface area contributed by atoms with Gasteiger partial charge in [0.05, 0.1) is 0 Å². The summed E-state index contributed by atoms with van der Waals surface area (Å²) >= 11 is 5.96. The summed E-state index contributed by atoms with van der Waals surface area (Å²) in [6, 6.07) is 8.75. The number of rotatable bonds is 5. The maximum atomic E-state index is 5.96. The lowest BCUT2D eigenvalue weighted by molar-refractivity contribution is 0.169. The molecule has 1 atom stereocenters. The molecule has 1 aliphatic rings. The Balaban J connectivity index is 1.97. The third-order valence-corrected chi connectivity index (χ3v) is 4.51. The molecule has 106 valence electrons. The largest absolute Gasteiger partial charge is 0.317 e. The molecule has 0 amide bonds. The van der Waals surface area contributed by atoms with Crippen molar-refractivity contribution >= 4 is 11.6 Å². The van der Waals surface area contributed by atoms with Crippen molar-refractivity contribution < 1.29 is 0 Å². The molecule has 0 spiro atoms. The van der Waals surface area contributed by atoms with Crippen LogP contribution in [-0.2, 0) is 0 Å². The first kappa shape index (κ1) is 14.8. The predicted octanol–water partition coefficient (Wildman–Crippen LogP) is 3.72. The standard InChI is InChI=1S/C16H25ClN2/c1-3-19(12-14-8-10-18-11-9-14)13(2)15-4-6-16(17)7-5-15/h4-7,13-14,18H,3,8-12H2,1-2H3. The molecule has 1 aliphatic heterocycles. The molecule has 0 aliphatic carbocycles. The summed E-state index contributed by atoms with van der Waals surface area (Å²) in [6.45, 7) is 9.23. The van der Waals surface area contributed by atoms with E-state index in [1.807, 2.05) is 12.1 Å². The summed E-state index contributed by atoms with van der Waals surface area (Å²) in [5, 5.41) is 4.26. The van der Waals surface area contributed by atoms with Gasteiger partial charge >= 0.3 is 0 Å². The first-order valence-electron chi connectivity index (χ1n) is 7.41. The summed E-state index contributed by atoms with van der Waals surface area (Å²) < 4.78 is 0. The Hall–Kier alpha value is -0.570. The Kier molecular flexibility index (Phi) is 5.68. The molecular weight excluding hydrogens is 256 g/mol. The number of halogens is 1. The topological polar surface area (TPSA) is 15.3 Å². The molecule has 0 saturated carbocycles. The second kappa shape index (κ2) is 7.28. The smallest absolute Gasteiger partial charge is 0.0406 e. The third-order valence-electron chi connectivity index (χ3n) is 4.26. The zero-order valence-corrected chi connectivity index (χ0v) is 12.8. The normalized spacial score (nSPS) is 18.7. The molecule has 0 bridgehead atoms. The zero-order valence-electron chi connectivity index (χ0n) is 12.0. The number of piperidine rings is 1. The minimum absolute atomic E-state index is 0.470. The predicted molar refractivity (Wildman–Crippen MR) is 82.7 cm³/mol. The van der Waals surface area contributed by atoms with Crippen molar-refractivity contribution in [2.24, 2.45) is 5.92 Å². The van der Waals surface area contributed by atoms with E-state index in [4.69, 9.17) is 11.6 Å². The Morgan fingerprint density at radius 3 is 2.47 bits per heavy atom. The number of nitrogens with zero attached hydrogens (tertiary/aromatic N) is 1. The fourth-order valence-corrected chi connectivity index (χ4v) is 3.04. The highest BCUT2D eigenvalue weighted by Crippen LogP contribution is 2.24. The van der Waals surface area contributed by atoms with Gasteiger partial charge in [-0.2, -0.15) is 0 Å². The molecule has 1 saturated heterocycles. The van der Waals surface area contributed by atoms with Crippen molar-refractivity contribution in [2.45, 2.75) is 32.7 Å². The molecule has 1 aromatic rings. The number of hydrogen-bond acceptors (Lipinski definition) is 2. The van der Waals surface area contributed by atoms with Crippen LogP contribution in [0.25, 0.3) is 0 Å². The second-order valence-corrected chi connectivity index (χ2v) is 5.94. The number of hydrogen-bond donors (Lipinski definition) is 1. The van der Waals surface area contributed by atoms with Gasteiger partial charge in [-0.15, -0.1) is 0 Å². The molecule has 1 heterocycles. The van der Waals surface area contributed by atoms with Gasteiger partial charge in [-0.3, -0.25) is 4.90 Å². The minimum atomic E-state index is 0.470. The van der Waals surface area contributed by atoms with Crippen LogP contribution in [0.5, 0.6) is 0 Å². The quantitative estimate of drug-likeness (QED) is 0.884. The van der Waals surface area contributed by atoms with Crippen LogP contribution in [0.3, 0.4) is 0 Å². The molecule has 2 rings (SSSR count). The molecule has 0 aromatic heterocycles. The van der Waals surface area contributed by atoms with Crippen LogP contribution < -0.4 is 5.32 Å². The lowest BCUT2D eigenvalue weighted by Gasteiger charge is -2.33. The molecule has 1 aromatic carbocycles. The monoisotopic (exact) mass is 280 g/mol. The van der Waals surface area contributed by atoms with Gasteiger partial charge in [0.25, 0.3) is 0 Å². The summed E-state index contributed by atoms with van der Waals surface area (Å²) in [6.07, 6.45) is 2.62. The Labute approximate surface area is 122 Å². The summed E-state index contributed by atoms with van der Waals surface area (Å²) in [7, 11) is 0. The summed E-state index contributed by atoms with van der Waals surface area (Å²) in [5.74, 6) is 0.843. The average Bonchev–Trinajstić information content (AvgIpc) is 2.46. The van der Waals surface area contributed by atoms with Crippen molar-refractivity contribution in [2.75, 3.05) is 26.2 Å². The van der Waals surface area contributed by atoms with Gasteiger partial charge in [0.1, 0.15) is 0 Å². The van der Waals surface area contributed by atoms with E-state index in [-0.39, 0.29) is 0 Å². The van der Waals surface area contributed by atoms with Crippen LogP contribution in [-0.4, -0.2) is 31.1 Å². The van der Waals surface area contributed by atoms with E-state index in [0.29, 0.717) is 6.04 Å². The van der Waals surface area contributed by atoms with Crippen molar-refractivity contribution in [1.29, 1.82) is 0 Å². The highest BCUT2D eigenvalue weighted by Gasteiger charge is 2.20. The van der Waals surface area contributed by atoms with Gasteiger partial charge < -0.3 is 5.32 Å². The van der Waals surface area contributed by atoms with Crippen molar-refractivity contribution in [1.82, 2.24) is 10.2 Å². The van der Waals surface area contributed by atoms with Crippen LogP contribution in [0.4, 0.5) is 0 Å². The molecule has 2 nitrogen and oxygen atoms in total. The van der Waals surface area contributed by atoms with Gasteiger partial charge in [-0.05, 0) is 63.0 Å². The second-order valence-electron chi connectivity index (χ2n) is 5.51. The Morgan fingerprint density at radius 1 is 1.26 bits per heavy atom. The lowest BCUT2D eigenvalue weighted by atomic mass is 9.96. The van der Waals surface area contributed by atoms with Crippen LogP contribution in [0, 0.1) is 5.92 Å². The van der Waals surface area contributed by atoms with Crippen molar-refractivity contribution in [3.8, 4) is 0 Å². The average molecular weight is 281 g/mol. The number of benzene rings is 1. The van der Waals surface area contributed by atoms with Gasteiger partial charge in [-0.25, -0.2) is 0 Å². The summed E-state index contributed by atoms with van der Waals surface area (Å²) in [5.41, 5.74) is 1.36. The molecule has 0 radical (unpaired) electrons. The number of nitrogens with one attached hydrogen (secondary N) is 1. The van der Waals surface area contributed by atoms with Gasteiger partial charge in [0, 0.05) is 17.6 Å². The SMILES string of the molecule is CCN(CC1CCNCC1)C(C)c1ccc(Cl)cc1. The zero-order chi connectivity index (χ0) is 13.7.